The van der Waals surface area contributed by atoms with Crippen molar-refractivity contribution in [2.45, 2.75) is 27.2 Å². The van der Waals surface area contributed by atoms with E-state index >= 15 is 0 Å². The zero-order valence-corrected chi connectivity index (χ0v) is 11.0. The van der Waals surface area contributed by atoms with Gasteiger partial charge in [0, 0.05) is 0 Å². The summed E-state index contributed by atoms with van der Waals surface area (Å²) < 4.78 is 0. The van der Waals surface area contributed by atoms with Crippen LogP contribution in [0.25, 0.3) is 6.08 Å². The Kier molecular flexibility index (Phi) is 12.9. The highest BCUT2D eigenvalue weighted by molar-refractivity contribution is 5.64. The van der Waals surface area contributed by atoms with Crippen molar-refractivity contribution in [3.63, 3.8) is 0 Å². The number of aryl methyl sites for hydroxylation is 1. The molecule has 0 radical (unpaired) electrons. The predicted molar refractivity (Wildman–Crippen MR) is 76.4 cm³/mol. The van der Waals surface area contributed by atoms with Gasteiger partial charge in [-0.15, -0.1) is 0 Å². The van der Waals surface area contributed by atoms with Crippen LogP contribution < -0.4 is 6.15 Å². The summed E-state index contributed by atoms with van der Waals surface area (Å²) in [5.41, 5.74) is 2.46. The monoisotopic (exact) mass is 233 g/mol. The second-order valence-corrected chi connectivity index (χ2v) is 3.11. The fourth-order valence-electron chi connectivity index (χ4n) is 1.09. The van der Waals surface area contributed by atoms with Crippen LogP contribution in [0.1, 0.15) is 31.4 Å². The van der Waals surface area contributed by atoms with Crippen molar-refractivity contribution in [1.82, 2.24) is 6.15 Å². The lowest BCUT2D eigenvalue weighted by atomic mass is 10.1. The van der Waals surface area contributed by atoms with E-state index in [4.69, 9.17) is 0 Å². The molecule has 0 fully saturated rings. The Bertz CT molecular complexity index is 336. The van der Waals surface area contributed by atoms with Gasteiger partial charge in [-0.25, -0.2) is 0 Å². The van der Waals surface area contributed by atoms with E-state index in [0.717, 1.165) is 12.7 Å². The van der Waals surface area contributed by atoms with Crippen molar-refractivity contribution >= 4 is 12.4 Å². The number of carbonyl (C=O) groups excluding carboxylic acids is 1. The topological polar surface area (TPSA) is 52.1 Å². The van der Waals surface area contributed by atoms with Gasteiger partial charge in [0.25, 0.3) is 0 Å². The molecule has 0 aliphatic carbocycles. The molecular formula is C15H23NO. The average Bonchev–Trinajstić information content (AvgIpc) is 2.34. The van der Waals surface area contributed by atoms with Crippen LogP contribution in [0, 0.1) is 6.92 Å². The molecule has 1 aromatic carbocycles. The molecule has 0 aromatic heterocycles. The molecule has 0 unspecified atom stereocenters. The summed E-state index contributed by atoms with van der Waals surface area (Å²) in [7, 11) is 0. The quantitative estimate of drug-likeness (QED) is 0.621. The highest BCUT2D eigenvalue weighted by Gasteiger charge is 1.84. The average molecular weight is 233 g/mol. The van der Waals surface area contributed by atoms with Gasteiger partial charge in [0.2, 0.25) is 0 Å². The number of allylic oxidation sites excluding steroid dienone is 3. The van der Waals surface area contributed by atoms with E-state index in [-0.39, 0.29) is 6.15 Å². The Morgan fingerprint density at radius 2 is 1.65 bits per heavy atom. The molecule has 0 heterocycles. The first-order valence-corrected chi connectivity index (χ1v) is 5.66. The standard InChI is InChI=1S/C13H14O.C2H6.H3N/c1-12-7-9-13(10-8-12)6-4-2-3-5-11-14;1-2;/h3-11H,2H2,1H3;1-2H3;1H3. The first-order valence-electron chi connectivity index (χ1n) is 5.66. The Hall–Kier alpha value is -1.67. The number of hydrogen-bond acceptors (Lipinski definition) is 2. The third-order valence-electron chi connectivity index (χ3n) is 1.87. The number of hydrogen-bond donors (Lipinski definition) is 1. The SMILES string of the molecule is CC.Cc1ccc(C=CCC=CC=O)cc1.N. The van der Waals surface area contributed by atoms with Gasteiger partial charge in [-0.3, -0.25) is 4.79 Å². The molecule has 0 bridgehead atoms. The number of benzene rings is 1. The summed E-state index contributed by atoms with van der Waals surface area (Å²) in [6.07, 6.45) is 9.02. The van der Waals surface area contributed by atoms with Crippen LogP contribution in [0.15, 0.2) is 42.5 Å². The van der Waals surface area contributed by atoms with Crippen molar-refractivity contribution in [1.29, 1.82) is 0 Å². The molecule has 0 aliphatic heterocycles. The third-order valence-corrected chi connectivity index (χ3v) is 1.87. The van der Waals surface area contributed by atoms with Gasteiger partial charge in [-0.2, -0.15) is 0 Å². The second kappa shape index (κ2) is 12.4. The molecule has 94 valence electrons. The Morgan fingerprint density at radius 3 is 2.18 bits per heavy atom. The van der Waals surface area contributed by atoms with Crippen molar-refractivity contribution in [3.8, 4) is 0 Å². The van der Waals surface area contributed by atoms with Crippen LogP contribution in [0.2, 0.25) is 0 Å². The smallest absolute Gasteiger partial charge is 0.142 e. The highest BCUT2D eigenvalue weighted by Crippen LogP contribution is 2.05. The maximum Gasteiger partial charge on any atom is 0.142 e. The third kappa shape index (κ3) is 9.27. The Labute approximate surface area is 105 Å². The molecule has 0 saturated carbocycles. The number of rotatable bonds is 4. The summed E-state index contributed by atoms with van der Waals surface area (Å²) in [4.78, 5) is 9.96. The Balaban J connectivity index is 0. The van der Waals surface area contributed by atoms with E-state index in [1.54, 1.807) is 0 Å². The van der Waals surface area contributed by atoms with Crippen LogP contribution >= 0.6 is 0 Å². The molecule has 1 aromatic rings. The van der Waals surface area contributed by atoms with Gasteiger partial charge in [0.15, 0.2) is 0 Å². The number of carbonyl (C=O) groups is 1. The first-order chi connectivity index (χ1) is 7.83. The molecule has 2 nitrogen and oxygen atoms in total. The van der Waals surface area contributed by atoms with E-state index < -0.39 is 0 Å². The molecule has 0 aliphatic rings. The van der Waals surface area contributed by atoms with Crippen LogP contribution in [0.3, 0.4) is 0 Å². The molecule has 3 N–H and O–H groups in total. The molecule has 0 saturated heterocycles. The largest absolute Gasteiger partial charge is 0.344 e. The minimum absolute atomic E-state index is 0. The highest BCUT2D eigenvalue weighted by atomic mass is 16.1. The van der Waals surface area contributed by atoms with E-state index in [1.807, 2.05) is 26.0 Å². The molecule has 0 spiro atoms. The van der Waals surface area contributed by atoms with E-state index in [2.05, 4.69) is 37.3 Å². The zero-order valence-electron chi connectivity index (χ0n) is 11.0. The summed E-state index contributed by atoms with van der Waals surface area (Å²) >= 11 is 0. The zero-order chi connectivity index (χ0) is 12.2. The maximum absolute atomic E-state index is 9.96. The summed E-state index contributed by atoms with van der Waals surface area (Å²) in [6.45, 7) is 6.07. The lowest BCUT2D eigenvalue weighted by Gasteiger charge is -1.93. The summed E-state index contributed by atoms with van der Waals surface area (Å²) in [5, 5.41) is 0. The summed E-state index contributed by atoms with van der Waals surface area (Å²) in [6, 6.07) is 8.33. The van der Waals surface area contributed by atoms with E-state index in [9.17, 15) is 4.79 Å². The van der Waals surface area contributed by atoms with Crippen molar-refractivity contribution in [2.75, 3.05) is 0 Å². The fourth-order valence-corrected chi connectivity index (χ4v) is 1.09. The van der Waals surface area contributed by atoms with Crippen molar-refractivity contribution in [2.24, 2.45) is 0 Å². The molecule has 0 amide bonds. The van der Waals surface area contributed by atoms with Gasteiger partial charge < -0.3 is 6.15 Å². The number of aldehydes is 1. The van der Waals surface area contributed by atoms with Gasteiger partial charge >= 0.3 is 0 Å². The first kappa shape index (κ1) is 17.7. The van der Waals surface area contributed by atoms with Crippen molar-refractivity contribution in [3.05, 3.63) is 53.6 Å². The van der Waals surface area contributed by atoms with Gasteiger partial charge in [0.05, 0.1) is 0 Å². The van der Waals surface area contributed by atoms with Gasteiger partial charge in [-0.05, 0) is 25.0 Å². The molecule has 1 rings (SSSR count). The van der Waals surface area contributed by atoms with E-state index in [1.165, 1.54) is 17.2 Å². The molecule has 2 heteroatoms. The fraction of sp³-hybridized carbons (Fsp3) is 0.267. The lowest BCUT2D eigenvalue weighted by Crippen LogP contribution is -1.73. The predicted octanol–water partition coefficient (Wildman–Crippen LogP) is 4.34. The van der Waals surface area contributed by atoms with Crippen molar-refractivity contribution < 1.29 is 4.79 Å². The van der Waals surface area contributed by atoms with E-state index in [0.29, 0.717) is 0 Å². The molecule has 17 heavy (non-hydrogen) atoms. The second-order valence-electron chi connectivity index (χ2n) is 3.11. The Morgan fingerprint density at radius 1 is 1.06 bits per heavy atom. The minimum atomic E-state index is 0. The molecule has 0 atom stereocenters. The summed E-state index contributed by atoms with van der Waals surface area (Å²) in [5.74, 6) is 0. The lowest BCUT2D eigenvalue weighted by molar-refractivity contribution is -0.104. The van der Waals surface area contributed by atoms with Crippen LogP contribution in [-0.2, 0) is 4.79 Å². The van der Waals surface area contributed by atoms with Crippen LogP contribution in [-0.4, -0.2) is 6.29 Å². The maximum atomic E-state index is 9.96. The normalized spacial score (nSPS) is 9.59. The minimum Gasteiger partial charge on any atom is -0.344 e. The van der Waals surface area contributed by atoms with Gasteiger partial charge in [-0.1, -0.05) is 61.9 Å². The van der Waals surface area contributed by atoms with Crippen LogP contribution in [0.5, 0.6) is 0 Å². The van der Waals surface area contributed by atoms with Crippen LogP contribution in [0.4, 0.5) is 0 Å². The molecular weight excluding hydrogens is 210 g/mol. The van der Waals surface area contributed by atoms with Gasteiger partial charge in [0.1, 0.15) is 6.29 Å².